The summed E-state index contributed by atoms with van der Waals surface area (Å²) in [5.74, 6) is 2.55. The lowest BCUT2D eigenvalue weighted by Crippen LogP contribution is -2.14. The molecule has 0 saturated heterocycles. The average Bonchev–Trinajstić information content (AvgIpc) is 2.95. The third-order valence-electron chi connectivity index (χ3n) is 3.15. The molecule has 2 aromatic rings. The topological polar surface area (TPSA) is 76.7 Å². The number of aromatic nitrogens is 3. The van der Waals surface area contributed by atoms with Crippen molar-refractivity contribution in [2.75, 3.05) is 17.6 Å². The van der Waals surface area contributed by atoms with Crippen LogP contribution in [0, 0.1) is 6.92 Å². The van der Waals surface area contributed by atoms with Gasteiger partial charge >= 0.3 is 0 Å². The minimum absolute atomic E-state index is 0.347. The molecule has 5 nitrogen and oxygen atoms in total. The molecule has 0 fully saturated rings. The van der Waals surface area contributed by atoms with Crippen LogP contribution in [0.4, 0.5) is 11.6 Å². The molecule has 1 unspecified atom stereocenters. The van der Waals surface area contributed by atoms with E-state index in [2.05, 4.69) is 34.1 Å². The van der Waals surface area contributed by atoms with E-state index in [4.69, 9.17) is 5.73 Å². The Bertz CT molecular complexity index is 553. The monoisotopic (exact) mass is 291 g/mol. The fourth-order valence-electron chi connectivity index (χ4n) is 1.90. The SMILES string of the molecule is CCCc1nc(N)c(C)c(NCC(C)c2nccs2)n1. The highest BCUT2D eigenvalue weighted by Crippen LogP contribution is 2.21. The van der Waals surface area contributed by atoms with Gasteiger partial charge in [-0.25, -0.2) is 15.0 Å². The van der Waals surface area contributed by atoms with Crippen molar-refractivity contribution >= 4 is 23.0 Å². The molecule has 6 heteroatoms. The molecule has 2 rings (SSSR count). The lowest BCUT2D eigenvalue weighted by molar-refractivity contribution is 0.783. The first-order valence-corrected chi connectivity index (χ1v) is 7.76. The Morgan fingerprint density at radius 1 is 1.40 bits per heavy atom. The Balaban J connectivity index is 2.08. The number of nitrogens with zero attached hydrogens (tertiary/aromatic N) is 3. The molecular weight excluding hydrogens is 270 g/mol. The molecule has 2 aromatic heterocycles. The number of nitrogen functional groups attached to an aromatic ring is 1. The lowest BCUT2D eigenvalue weighted by Gasteiger charge is -2.14. The van der Waals surface area contributed by atoms with Gasteiger partial charge in [-0.1, -0.05) is 13.8 Å². The third kappa shape index (κ3) is 3.45. The predicted molar refractivity (Wildman–Crippen MR) is 84.2 cm³/mol. The predicted octanol–water partition coefficient (Wildman–Crippen LogP) is 2.99. The summed E-state index contributed by atoms with van der Waals surface area (Å²) in [6.07, 6.45) is 3.70. The van der Waals surface area contributed by atoms with E-state index in [0.29, 0.717) is 11.7 Å². The summed E-state index contributed by atoms with van der Waals surface area (Å²) in [4.78, 5) is 13.2. The zero-order valence-corrected chi connectivity index (χ0v) is 13.0. The van der Waals surface area contributed by atoms with Crippen molar-refractivity contribution < 1.29 is 0 Å². The molecule has 0 radical (unpaired) electrons. The quantitative estimate of drug-likeness (QED) is 0.855. The van der Waals surface area contributed by atoms with Crippen molar-refractivity contribution in [1.82, 2.24) is 15.0 Å². The Labute approximate surface area is 123 Å². The van der Waals surface area contributed by atoms with Crippen LogP contribution in [0.1, 0.15) is 42.6 Å². The molecule has 0 amide bonds. The number of nitrogens with one attached hydrogen (secondary N) is 1. The van der Waals surface area contributed by atoms with E-state index in [-0.39, 0.29) is 0 Å². The molecular formula is C14H21N5S. The van der Waals surface area contributed by atoms with Crippen LogP contribution in [0.2, 0.25) is 0 Å². The second-order valence-corrected chi connectivity index (χ2v) is 5.83. The van der Waals surface area contributed by atoms with Crippen LogP contribution in [-0.4, -0.2) is 21.5 Å². The smallest absolute Gasteiger partial charge is 0.134 e. The van der Waals surface area contributed by atoms with Gasteiger partial charge in [0.2, 0.25) is 0 Å². The molecule has 0 aliphatic rings. The van der Waals surface area contributed by atoms with Gasteiger partial charge in [-0.3, -0.25) is 0 Å². The summed E-state index contributed by atoms with van der Waals surface area (Å²) < 4.78 is 0. The molecule has 0 aliphatic heterocycles. The van der Waals surface area contributed by atoms with E-state index in [1.165, 1.54) is 0 Å². The minimum atomic E-state index is 0.347. The zero-order chi connectivity index (χ0) is 14.5. The summed E-state index contributed by atoms with van der Waals surface area (Å²) in [6, 6.07) is 0. The molecule has 0 aliphatic carbocycles. The highest BCUT2D eigenvalue weighted by atomic mass is 32.1. The molecule has 3 N–H and O–H groups in total. The Morgan fingerprint density at radius 3 is 2.85 bits per heavy atom. The molecule has 1 atom stereocenters. The second-order valence-electron chi connectivity index (χ2n) is 4.90. The van der Waals surface area contributed by atoms with Crippen molar-refractivity contribution in [2.45, 2.75) is 39.5 Å². The van der Waals surface area contributed by atoms with Crippen molar-refractivity contribution in [3.63, 3.8) is 0 Å². The number of hydrogen-bond donors (Lipinski definition) is 2. The van der Waals surface area contributed by atoms with Crippen molar-refractivity contribution in [3.05, 3.63) is 28.0 Å². The fraction of sp³-hybridized carbons (Fsp3) is 0.500. The number of rotatable bonds is 6. The number of thiazole rings is 1. The molecule has 0 spiro atoms. The molecule has 0 bridgehead atoms. The Hall–Kier alpha value is -1.69. The van der Waals surface area contributed by atoms with Crippen LogP contribution in [0.25, 0.3) is 0 Å². The van der Waals surface area contributed by atoms with Crippen LogP contribution < -0.4 is 11.1 Å². The molecule has 0 aromatic carbocycles. The Kier molecular flexibility index (Phi) is 4.89. The fourth-order valence-corrected chi connectivity index (χ4v) is 2.60. The summed E-state index contributed by atoms with van der Waals surface area (Å²) >= 11 is 1.68. The first kappa shape index (κ1) is 14.7. The van der Waals surface area contributed by atoms with Gasteiger partial charge in [0.25, 0.3) is 0 Å². The standard InChI is InChI=1S/C14H21N5S/c1-4-5-11-18-12(15)10(3)13(19-11)17-8-9(2)14-16-6-7-20-14/h6-7,9H,4-5,8H2,1-3H3,(H3,15,17,18,19). The largest absolute Gasteiger partial charge is 0.383 e. The minimum Gasteiger partial charge on any atom is -0.383 e. The van der Waals surface area contributed by atoms with Gasteiger partial charge < -0.3 is 11.1 Å². The molecule has 2 heterocycles. The van der Waals surface area contributed by atoms with Crippen LogP contribution in [0.3, 0.4) is 0 Å². The summed E-state index contributed by atoms with van der Waals surface area (Å²) in [5, 5.41) is 6.51. The molecule has 20 heavy (non-hydrogen) atoms. The second kappa shape index (κ2) is 6.65. The number of aryl methyl sites for hydroxylation is 1. The summed E-state index contributed by atoms with van der Waals surface area (Å²) in [5.41, 5.74) is 6.86. The molecule has 108 valence electrons. The summed E-state index contributed by atoms with van der Waals surface area (Å²) in [7, 11) is 0. The van der Waals surface area contributed by atoms with Crippen LogP contribution in [0.5, 0.6) is 0 Å². The highest BCUT2D eigenvalue weighted by Gasteiger charge is 2.12. The van der Waals surface area contributed by atoms with Gasteiger partial charge in [0.15, 0.2) is 0 Å². The van der Waals surface area contributed by atoms with Crippen molar-refractivity contribution in [1.29, 1.82) is 0 Å². The maximum atomic E-state index is 5.95. The average molecular weight is 291 g/mol. The lowest BCUT2D eigenvalue weighted by atomic mass is 10.2. The van der Waals surface area contributed by atoms with E-state index in [1.807, 2.05) is 18.5 Å². The van der Waals surface area contributed by atoms with E-state index in [9.17, 15) is 0 Å². The van der Waals surface area contributed by atoms with Gasteiger partial charge in [-0.05, 0) is 13.3 Å². The molecule has 0 saturated carbocycles. The maximum Gasteiger partial charge on any atom is 0.134 e. The zero-order valence-electron chi connectivity index (χ0n) is 12.2. The highest BCUT2D eigenvalue weighted by molar-refractivity contribution is 7.09. The summed E-state index contributed by atoms with van der Waals surface area (Å²) in [6.45, 7) is 6.99. The first-order valence-electron chi connectivity index (χ1n) is 6.88. The van der Waals surface area contributed by atoms with E-state index in [0.717, 1.165) is 41.6 Å². The van der Waals surface area contributed by atoms with Gasteiger partial charge in [-0.2, -0.15) is 0 Å². The van der Waals surface area contributed by atoms with Crippen molar-refractivity contribution in [3.8, 4) is 0 Å². The first-order chi connectivity index (χ1) is 9.61. The van der Waals surface area contributed by atoms with Crippen LogP contribution in [-0.2, 0) is 6.42 Å². The van der Waals surface area contributed by atoms with Gasteiger partial charge in [-0.15, -0.1) is 11.3 Å². The number of hydrogen-bond acceptors (Lipinski definition) is 6. The van der Waals surface area contributed by atoms with E-state index in [1.54, 1.807) is 11.3 Å². The van der Waals surface area contributed by atoms with Crippen LogP contribution in [0.15, 0.2) is 11.6 Å². The van der Waals surface area contributed by atoms with Gasteiger partial charge in [0.1, 0.15) is 17.5 Å². The van der Waals surface area contributed by atoms with Gasteiger partial charge in [0, 0.05) is 36.0 Å². The van der Waals surface area contributed by atoms with E-state index < -0.39 is 0 Å². The van der Waals surface area contributed by atoms with E-state index >= 15 is 0 Å². The Morgan fingerprint density at radius 2 is 2.20 bits per heavy atom. The third-order valence-corrected chi connectivity index (χ3v) is 4.16. The van der Waals surface area contributed by atoms with Crippen LogP contribution >= 0.6 is 11.3 Å². The van der Waals surface area contributed by atoms with Crippen molar-refractivity contribution in [2.24, 2.45) is 0 Å². The maximum absolute atomic E-state index is 5.95. The number of nitrogens with two attached hydrogens (primary N) is 1. The number of anilines is 2. The normalized spacial score (nSPS) is 12.3. The van der Waals surface area contributed by atoms with Gasteiger partial charge in [0.05, 0.1) is 5.01 Å².